The molecule has 0 fully saturated rings. The number of anilines is 2. The lowest BCUT2D eigenvalue weighted by atomic mass is 10.2. The second-order valence-corrected chi connectivity index (χ2v) is 6.76. The van der Waals surface area contributed by atoms with E-state index >= 15 is 0 Å². The number of azo groups is 1. The number of nitrogens with one attached hydrogen (secondary N) is 3. The molecular formula is C23H19N5O4. The maximum atomic E-state index is 12.4. The van der Waals surface area contributed by atoms with Crippen molar-refractivity contribution in [3.05, 3.63) is 78.4 Å². The first-order valence-electron chi connectivity index (χ1n) is 9.61. The highest BCUT2D eigenvalue weighted by molar-refractivity contribution is 6.01. The van der Waals surface area contributed by atoms with Crippen molar-refractivity contribution in [2.24, 2.45) is 10.2 Å². The van der Waals surface area contributed by atoms with Crippen molar-refractivity contribution >= 4 is 39.9 Å². The monoisotopic (exact) mass is 429 g/mol. The lowest BCUT2D eigenvalue weighted by molar-refractivity contribution is 0.0995. The van der Waals surface area contributed by atoms with Gasteiger partial charge in [-0.1, -0.05) is 18.2 Å². The number of urea groups is 1. The molecule has 0 saturated heterocycles. The van der Waals surface area contributed by atoms with Crippen LogP contribution in [0.1, 0.15) is 10.4 Å². The van der Waals surface area contributed by atoms with E-state index < -0.39 is 11.9 Å². The van der Waals surface area contributed by atoms with Crippen molar-refractivity contribution < 1.29 is 19.4 Å². The van der Waals surface area contributed by atoms with Crippen molar-refractivity contribution in [3.8, 4) is 11.6 Å². The topological polar surface area (TPSA) is 128 Å². The maximum absolute atomic E-state index is 12.4. The van der Waals surface area contributed by atoms with E-state index in [0.717, 1.165) is 0 Å². The first-order chi connectivity index (χ1) is 15.5. The summed E-state index contributed by atoms with van der Waals surface area (Å²) in [6.07, 6.45) is 0. The molecule has 1 aromatic heterocycles. The number of aromatic nitrogens is 1. The first kappa shape index (κ1) is 20.6. The van der Waals surface area contributed by atoms with Crippen molar-refractivity contribution in [3.63, 3.8) is 0 Å². The number of H-pyrrole nitrogens is 1. The summed E-state index contributed by atoms with van der Waals surface area (Å²) in [4.78, 5) is 27.3. The summed E-state index contributed by atoms with van der Waals surface area (Å²) in [6.45, 7) is 0. The summed E-state index contributed by atoms with van der Waals surface area (Å²) in [5.41, 5.74) is 2.28. The Bertz CT molecular complexity index is 1290. The normalized spacial score (nSPS) is 10.9. The van der Waals surface area contributed by atoms with Gasteiger partial charge in [-0.05, 0) is 54.6 Å². The Morgan fingerprint density at radius 3 is 2.19 bits per heavy atom. The van der Waals surface area contributed by atoms with Gasteiger partial charge in [-0.3, -0.25) is 4.79 Å². The lowest BCUT2D eigenvalue weighted by Gasteiger charge is -2.08. The summed E-state index contributed by atoms with van der Waals surface area (Å²) in [7, 11) is 1.57. The molecule has 0 aliphatic heterocycles. The highest BCUT2D eigenvalue weighted by Gasteiger charge is 2.11. The Morgan fingerprint density at radius 2 is 1.53 bits per heavy atom. The molecule has 4 rings (SSSR count). The number of hydrogen-bond donors (Lipinski definition) is 4. The number of para-hydroxylation sites is 1. The predicted molar refractivity (Wildman–Crippen MR) is 121 cm³/mol. The van der Waals surface area contributed by atoms with Crippen molar-refractivity contribution in [2.45, 2.75) is 0 Å². The maximum Gasteiger partial charge on any atom is 0.323 e. The number of aromatic hydroxyl groups is 1. The number of carbonyl (C=O) groups is 2. The number of methoxy groups -OCH3 is 1. The van der Waals surface area contributed by atoms with Crippen LogP contribution < -0.4 is 15.4 Å². The van der Waals surface area contributed by atoms with Gasteiger partial charge >= 0.3 is 6.03 Å². The van der Waals surface area contributed by atoms with Gasteiger partial charge in [-0.15, -0.1) is 10.2 Å². The molecule has 32 heavy (non-hydrogen) atoms. The van der Waals surface area contributed by atoms with Crippen LogP contribution >= 0.6 is 0 Å². The van der Waals surface area contributed by atoms with Gasteiger partial charge in [0.15, 0.2) is 5.69 Å². The molecule has 9 heteroatoms. The van der Waals surface area contributed by atoms with Crippen molar-refractivity contribution in [1.82, 2.24) is 4.98 Å². The summed E-state index contributed by atoms with van der Waals surface area (Å²) in [6, 6.07) is 19.9. The summed E-state index contributed by atoms with van der Waals surface area (Å²) < 4.78 is 5.08. The van der Waals surface area contributed by atoms with Crippen LogP contribution in [-0.4, -0.2) is 29.1 Å². The SMILES string of the molecule is COc1ccc(NC(=O)Nc2ccc(C(=O)N=Nc3c(O)[nH]c4ccccc34)cc2)cc1. The minimum Gasteiger partial charge on any atom is -0.497 e. The fourth-order valence-electron chi connectivity index (χ4n) is 3.03. The van der Waals surface area contributed by atoms with Gasteiger partial charge in [-0.2, -0.15) is 0 Å². The van der Waals surface area contributed by atoms with Crippen LogP contribution in [0.25, 0.3) is 10.9 Å². The number of ether oxygens (including phenoxy) is 1. The molecule has 1 heterocycles. The molecule has 9 nitrogen and oxygen atoms in total. The van der Waals surface area contributed by atoms with E-state index in [0.29, 0.717) is 28.0 Å². The van der Waals surface area contributed by atoms with Crippen LogP contribution in [0.4, 0.5) is 21.9 Å². The number of carbonyl (C=O) groups excluding carboxylic acids is 2. The van der Waals surface area contributed by atoms with Gasteiger partial charge < -0.3 is 25.5 Å². The fraction of sp³-hybridized carbons (Fsp3) is 0.0435. The predicted octanol–water partition coefficient (Wildman–Crippen LogP) is 5.45. The third-order valence-corrected chi connectivity index (χ3v) is 4.64. The average Bonchev–Trinajstić information content (AvgIpc) is 3.13. The van der Waals surface area contributed by atoms with Gasteiger partial charge in [0.1, 0.15) is 5.75 Å². The quantitative estimate of drug-likeness (QED) is 0.314. The van der Waals surface area contributed by atoms with Crippen LogP contribution in [0.2, 0.25) is 0 Å². The molecule has 0 spiro atoms. The molecule has 3 aromatic carbocycles. The van der Waals surface area contributed by atoms with Crippen LogP contribution in [0.3, 0.4) is 0 Å². The molecule has 4 N–H and O–H groups in total. The van der Waals surface area contributed by atoms with E-state index in [4.69, 9.17) is 4.74 Å². The lowest BCUT2D eigenvalue weighted by Crippen LogP contribution is -2.19. The minimum atomic E-state index is -0.580. The zero-order valence-corrected chi connectivity index (χ0v) is 17.0. The van der Waals surface area contributed by atoms with E-state index in [9.17, 15) is 14.7 Å². The number of hydrogen-bond acceptors (Lipinski definition) is 5. The number of benzene rings is 3. The van der Waals surface area contributed by atoms with Crippen LogP contribution in [0.5, 0.6) is 11.6 Å². The molecule has 4 aromatic rings. The van der Waals surface area contributed by atoms with Gasteiger partial charge in [0, 0.05) is 22.3 Å². The number of aromatic amines is 1. The van der Waals surface area contributed by atoms with Crippen molar-refractivity contribution in [2.75, 3.05) is 17.7 Å². The van der Waals surface area contributed by atoms with E-state index in [1.165, 1.54) is 12.1 Å². The average molecular weight is 429 g/mol. The third-order valence-electron chi connectivity index (χ3n) is 4.64. The molecule has 0 aliphatic carbocycles. The zero-order valence-electron chi connectivity index (χ0n) is 17.0. The van der Waals surface area contributed by atoms with Crippen molar-refractivity contribution in [1.29, 1.82) is 0 Å². The summed E-state index contributed by atoms with van der Waals surface area (Å²) in [5, 5.41) is 23.6. The molecule has 160 valence electrons. The number of nitrogens with zero attached hydrogens (tertiary/aromatic N) is 2. The van der Waals surface area contributed by atoms with E-state index in [1.807, 2.05) is 6.07 Å². The smallest absolute Gasteiger partial charge is 0.323 e. The Labute approximate surface area is 182 Å². The zero-order chi connectivity index (χ0) is 22.5. The third kappa shape index (κ3) is 4.57. The second kappa shape index (κ2) is 9.00. The molecular weight excluding hydrogens is 410 g/mol. The van der Waals surface area contributed by atoms with Crippen LogP contribution in [0.15, 0.2) is 83.0 Å². The summed E-state index contributed by atoms with van der Waals surface area (Å²) >= 11 is 0. The minimum absolute atomic E-state index is 0.162. The molecule has 0 unspecified atom stereocenters. The second-order valence-electron chi connectivity index (χ2n) is 6.76. The Hall–Kier alpha value is -4.66. The first-order valence-corrected chi connectivity index (χ1v) is 9.61. The molecule has 0 radical (unpaired) electrons. The number of rotatable bonds is 5. The van der Waals surface area contributed by atoms with Gasteiger partial charge in [-0.25, -0.2) is 4.79 Å². The Balaban J connectivity index is 1.39. The largest absolute Gasteiger partial charge is 0.497 e. The molecule has 0 bridgehead atoms. The van der Waals surface area contributed by atoms with Crippen LogP contribution in [0, 0.1) is 0 Å². The molecule has 0 saturated carbocycles. The van der Waals surface area contributed by atoms with E-state index in [-0.39, 0.29) is 17.1 Å². The molecule has 0 atom stereocenters. The van der Waals surface area contributed by atoms with E-state index in [1.54, 1.807) is 61.7 Å². The highest BCUT2D eigenvalue weighted by Crippen LogP contribution is 2.35. The van der Waals surface area contributed by atoms with Gasteiger partial charge in [0.2, 0.25) is 5.88 Å². The number of fused-ring (bicyclic) bond motifs is 1. The fourth-order valence-corrected chi connectivity index (χ4v) is 3.03. The standard InChI is InChI=1S/C23H19N5O4/c1-32-17-12-10-16(11-13-17)25-23(31)24-15-8-6-14(7-9-15)21(29)28-27-20-18-4-2-3-5-19(18)26-22(20)30/h2-13,26,30H,1H3,(H2,24,25,31). The highest BCUT2D eigenvalue weighted by atomic mass is 16.5. The Morgan fingerprint density at radius 1 is 0.906 bits per heavy atom. The molecule has 0 aliphatic rings. The molecule has 3 amide bonds. The Kier molecular flexibility index (Phi) is 5.80. The van der Waals surface area contributed by atoms with Crippen LogP contribution in [-0.2, 0) is 0 Å². The van der Waals surface area contributed by atoms with Gasteiger partial charge in [0.25, 0.3) is 5.91 Å². The van der Waals surface area contributed by atoms with Gasteiger partial charge in [0.05, 0.1) is 12.6 Å². The van der Waals surface area contributed by atoms with E-state index in [2.05, 4.69) is 25.8 Å². The summed E-state index contributed by atoms with van der Waals surface area (Å²) in [5.74, 6) is -0.0534. The number of amides is 3.